The van der Waals surface area contributed by atoms with Crippen molar-refractivity contribution >= 4 is 27.6 Å². The van der Waals surface area contributed by atoms with E-state index in [0.717, 1.165) is 29.2 Å². The average Bonchev–Trinajstić information content (AvgIpc) is 2.69. The van der Waals surface area contributed by atoms with E-state index in [1.807, 2.05) is 10.8 Å². The van der Waals surface area contributed by atoms with Gasteiger partial charge in [0.15, 0.2) is 6.61 Å². The molecule has 0 aromatic heterocycles. The predicted octanol–water partition coefficient (Wildman–Crippen LogP) is 1.20. The lowest BCUT2D eigenvalue weighted by molar-refractivity contribution is -0.146. The van der Waals surface area contributed by atoms with Crippen molar-refractivity contribution in [1.29, 1.82) is 5.26 Å². The molecule has 0 aliphatic carbocycles. The molecule has 0 aliphatic heterocycles. The van der Waals surface area contributed by atoms with E-state index in [9.17, 15) is 22.4 Å². The molecular formula is C18H16FN3O5S. The summed E-state index contributed by atoms with van der Waals surface area (Å²) in [6.45, 7) is -1.61. The molecule has 0 atom stereocenters. The van der Waals surface area contributed by atoms with Crippen LogP contribution in [0.1, 0.15) is 0 Å². The zero-order valence-electron chi connectivity index (χ0n) is 14.5. The van der Waals surface area contributed by atoms with Gasteiger partial charge in [-0.2, -0.15) is 9.98 Å². The van der Waals surface area contributed by atoms with E-state index in [4.69, 9.17) is 10.00 Å². The molecule has 0 saturated carbocycles. The minimum atomic E-state index is -4.03. The first-order chi connectivity index (χ1) is 13.3. The lowest BCUT2D eigenvalue weighted by atomic mass is 10.3. The fourth-order valence-corrected chi connectivity index (χ4v) is 3.09. The van der Waals surface area contributed by atoms with E-state index in [1.165, 1.54) is 0 Å². The SMILES string of the molecule is N#CCN(C(=O)COC(=O)CNS(=O)(=O)c1ccc(F)cc1)c1ccccc1. The van der Waals surface area contributed by atoms with Crippen molar-refractivity contribution in [3.05, 3.63) is 60.4 Å². The summed E-state index contributed by atoms with van der Waals surface area (Å²) in [4.78, 5) is 24.9. The number of nitriles is 1. The number of benzene rings is 2. The summed E-state index contributed by atoms with van der Waals surface area (Å²) in [5.74, 6) is -2.22. The Kier molecular flexibility index (Phi) is 7.20. The molecular weight excluding hydrogens is 389 g/mol. The molecule has 0 saturated heterocycles. The largest absolute Gasteiger partial charge is 0.455 e. The highest BCUT2D eigenvalue weighted by Gasteiger charge is 2.19. The summed E-state index contributed by atoms with van der Waals surface area (Å²) >= 11 is 0. The van der Waals surface area contributed by atoms with Crippen molar-refractivity contribution in [2.75, 3.05) is 24.6 Å². The third kappa shape index (κ3) is 5.87. The van der Waals surface area contributed by atoms with E-state index >= 15 is 0 Å². The Morgan fingerprint density at radius 1 is 1.11 bits per heavy atom. The molecule has 28 heavy (non-hydrogen) atoms. The number of hydrogen-bond donors (Lipinski definition) is 1. The lowest BCUT2D eigenvalue weighted by Crippen LogP contribution is -2.37. The van der Waals surface area contributed by atoms with Gasteiger partial charge in [0.2, 0.25) is 10.0 Å². The number of anilines is 1. The van der Waals surface area contributed by atoms with Crippen molar-refractivity contribution < 1.29 is 27.1 Å². The molecule has 0 fully saturated rings. The molecule has 2 aromatic rings. The Labute approximate surface area is 161 Å². The van der Waals surface area contributed by atoms with Crippen LogP contribution in [0.5, 0.6) is 0 Å². The van der Waals surface area contributed by atoms with Crippen LogP contribution in [0.2, 0.25) is 0 Å². The average molecular weight is 405 g/mol. The summed E-state index contributed by atoms with van der Waals surface area (Å²) in [7, 11) is -4.03. The van der Waals surface area contributed by atoms with Gasteiger partial charge in [-0.15, -0.1) is 0 Å². The fourth-order valence-electron chi connectivity index (χ4n) is 2.12. The number of rotatable bonds is 8. The molecule has 1 amide bonds. The van der Waals surface area contributed by atoms with Crippen molar-refractivity contribution in [3.63, 3.8) is 0 Å². The van der Waals surface area contributed by atoms with Crippen LogP contribution in [-0.2, 0) is 24.3 Å². The molecule has 146 valence electrons. The zero-order chi connectivity index (χ0) is 20.6. The van der Waals surface area contributed by atoms with E-state index in [-0.39, 0.29) is 11.4 Å². The van der Waals surface area contributed by atoms with Gasteiger partial charge in [-0.05, 0) is 36.4 Å². The lowest BCUT2D eigenvalue weighted by Gasteiger charge is -2.19. The van der Waals surface area contributed by atoms with E-state index < -0.39 is 40.9 Å². The predicted molar refractivity (Wildman–Crippen MR) is 97.0 cm³/mol. The second-order valence-corrected chi connectivity index (χ2v) is 7.18. The second kappa shape index (κ2) is 9.59. The highest BCUT2D eigenvalue weighted by atomic mass is 32.2. The molecule has 0 radical (unpaired) electrons. The van der Waals surface area contributed by atoms with Gasteiger partial charge in [0.25, 0.3) is 5.91 Å². The second-order valence-electron chi connectivity index (χ2n) is 5.41. The van der Waals surface area contributed by atoms with Crippen molar-refractivity contribution in [2.45, 2.75) is 4.90 Å². The maximum absolute atomic E-state index is 12.9. The number of hydrogen-bond acceptors (Lipinski definition) is 6. The van der Waals surface area contributed by atoms with Crippen LogP contribution in [0.4, 0.5) is 10.1 Å². The van der Waals surface area contributed by atoms with Gasteiger partial charge < -0.3 is 4.74 Å². The molecule has 0 spiro atoms. The highest BCUT2D eigenvalue weighted by Crippen LogP contribution is 2.13. The summed E-state index contributed by atoms with van der Waals surface area (Å²) < 4.78 is 43.7. The number of nitrogens with zero attached hydrogens (tertiary/aromatic N) is 2. The third-order valence-electron chi connectivity index (χ3n) is 3.48. The maximum Gasteiger partial charge on any atom is 0.321 e. The number of ether oxygens (including phenoxy) is 1. The molecule has 1 N–H and O–H groups in total. The third-order valence-corrected chi connectivity index (χ3v) is 4.90. The van der Waals surface area contributed by atoms with E-state index in [1.54, 1.807) is 30.3 Å². The number of carbonyl (C=O) groups excluding carboxylic acids is 2. The van der Waals surface area contributed by atoms with Gasteiger partial charge in [0.1, 0.15) is 18.9 Å². The standard InChI is InChI=1S/C18H16FN3O5S/c19-14-6-8-16(9-7-14)28(25,26)21-12-18(24)27-13-17(23)22(11-10-20)15-4-2-1-3-5-15/h1-9,21H,11-13H2. The first kappa shape index (κ1) is 21.0. The van der Waals surface area contributed by atoms with Crippen molar-refractivity contribution in [2.24, 2.45) is 0 Å². The summed E-state index contributed by atoms with van der Waals surface area (Å²) in [6, 6.07) is 14.2. The van der Waals surface area contributed by atoms with Crippen molar-refractivity contribution in [1.82, 2.24) is 4.72 Å². The van der Waals surface area contributed by atoms with Crippen LogP contribution < -0.4 is 9.62 Å². The number of amides is 1. The Bertz CT molecular complexity index is 973. The first-order valence-electron chi connectivity index (χ1n) is 7.96. The molecule has 0 bridgehead atoms. The van der Waals surface area contributed by atoms with Crippen molar-refractivity contribution in [3.8, 4) is 6.07 Å². The Hall–Kier alpha value is -3.29. The summed E-state index contributed by atoms with van der Waals surface area (Å²) in [5.41, 5.74) is 0.460. The number of esters is 1. The van der Waals surface area contributed by atoms with Crippen LogP contribution in [-0.4, -0.2) is 40.0 Å². The van der Waals surface area contributed by atoms with Gasteiger partial charge >= 0.3 is 5.97 Å². The van der Waals surface area contributed by atoms with Crippen LogP contribution >= 0.6 is 0 Å². The minimum absolute atomic E-state index is 0.220. The number of halogens is 1. The number of sulfonamides is 1. The molecule has 0 heterocycles. The summed E-state index contributed by atoms with van der Waals surface area (Å²) in [5, 5.41) is 8.87. The van der Waals surface area contributed by atoms with Gasteiger partial charge in [-0.1, -0.05) is 18.2 Å². The number of para-hydroxylation sites is 1. The van der Waals surface area contributed by atoms with E-state index in [0.29, 0.717) is 5.69 Å². The van der Waals surface area contributed by atoms with Crippen LogP contribution in [0.25, 0.3) is 0 Å². The molecule has 0 unspecified atom stereocenters. The topological polar surface area (TPSA) is 117 Å². The minimum Gasteiger partial charge on any atom is -0.455 e. The van der Waals surface area contributed by atoms with Gasteiger partial charge in [-0.25, -0.2) is 12.8 Å². The quantitative estimate of drug-likeness (QED) is 0.521. The van der Waals surface area contributed by atoms with Crippen LogP contribution in [0.3, 0.4) is 0 Å². The molecule has 2 aromatic carbocycles. The fraction of sp³-hybridized carbons (Fsp3) is 0.167. The normalized spacial score (nSPS) is 10.7. The number of nitrogens with one attached hydrogen (secondary N) is 1. The molecule has 10 heteroatoms. The Balaban J connectivity index is 1.90. The van der Waals surface area contributed by atoms with Gasteiger partial charge in [0, 0.05) is 5.69 Å². The monoisotopic (exact) mass is 405 g/mol. The van der Waals surface area contributed by atoms with Gasteiger partial charge in [0.05, 0.1) is 11.0 Å². The summed E-state index contributed by atoms with van der Waals surface area (Å²) in [6.07, 6.45) is 0. The van der Waals surface area contributed by atoms with Crippen LogP contribution in [0.15, 0.2) is 59.5 Å². The van der Waals surface area contributed by atoms with E-state index in [2.05, 4.69) is 0 Å². The molecule has 8 nitrogen and oxygen atoms in total. The highest BCUT2D eigenvalue weighted by molar-refractivity contribution is 7.89. The molecule has 0 aliphatic rings. The van der Waals surface area contributed by atoms with Crippen LogP contribution in [0, 0.1) is 17.1 Å². The number of carbonyl (C=O) groups is 2. The smallest absolute Gasteiger partial charge is 0.321 e. The maximum atomic E-state index is 12.9. The molecule has 2 rings (SSSR count). The first-order valence-corrected chi connectivity index (χ1v) is 9.45. The Morgan fingerprint density at radius 3 is 2.36 bits per heavy atom. The zero-order valence-corrected chi connectivity index (χ0v) is 15.4. The Morgan fingerprint density at radius 2 is 1.75 bits per heavy atom. The van der Waals surface area contributed by atoms with Gasteiger partial charge in [-0.3, -0.25) is 14.5 Å².